The SMILES string of the molecule is Cc1cc(Cl)ccc1NC(=O)NCC(C(C)C)N1CCOCC1. The number of hydrogen-bond donors (Lipinski definition) is 2. The van der Waals surface area contributed by atoms with Crippen molar-refractivity contribution in [1.29, 1.82) is 0 Å². The van der Waals surface area contributed by atoms with Crippen LogP contribution in [0.15, 0.2) is 18.2 Å². The van der Waals surface area contributed by atoms with Crippen LogP contribution in [0.25, 0.3) is 0 Å². The maximum atomic E-state index is 12.2. The van der Waals surface area contributed by atoms with Gasteiger partial charge in [-0.1, -0.05) is 25.4 Å². The van der Waals surface area contributed by atoms with Crippen molar-refractivity contribution in [3.63, 3.8) is 0 Å². The van der Waals surface area contributed by atoms with Crippen LogP contribution in [0.3, 0.4) is 0 Å². The molecule has 2 rings (SSSR count). The van der Waals surface area contributed by atoms with Gasteiger partial charge in [0.15, 0.2) is 0 Å². The first-order valence-corrected chi connectivity index (χ1v) is 8.48. The van der Waals surface area contributed by atoms with Crippen LogP contribution in [0.5, 0.6) is 0 Å². The van der Waals surface area contributed by atoms with Crippen LogP contribution in [-0.2, 0) is 4.74 Å². The quantitative estimate of drug-likeness (QED) is 0.866. The van der Waals surface area contributed by atoms with Gasteiger partial charge in [0.2, 0.25) is 0 Å². The molecule has 0 spiro atoms. The molecule has 23 heavy (non-hydrogen) atoms. The maximum Gasteiger partial charge on any atom is 0.319 e. The van der Waals surface area contributed by atoms with E-state index in [9.17, 15) is 4.79 Å². The fourth-order valence-corrected chi connectivity index (χ4v) is 3.05. The third-order valence-electron chi connectivity index (χ3n) is 4.19. The molecule has 0 saturated carbocycles. The topological polar surface area (TPSA) is 53.6 Å². The average Bonchev–Trinajstić information content (AvgIpc) is 2.51. The predicted molar refractivity (Wildman–Crippen MR) is 94.2 cm³/mol. The van der Waals surface area contributed by atoms with Crippen LogP contribution in [-0.4, -0.2) is 49.8 Å². The molecular weight excluding hydrogens is 314 g/mol. The smallest absolute Gasteiger partial charge is 0.319 e. The van der Waals surface area contributed by atoms with Crippen LogP contribution in [0, 0.1) is 12.8 Å². The van der Waals surface area contributed by atoms with Gasteiger partial charge in [-0.25, -0.2) is 4.79 Å². The van der Waals surface area contributed by atoms with E-state index in [0.29, 0.717) is 23.5 Å². The average molecular weight is 340 g/mol. The number of nitrogens with zero attached hydrogens (tertiary/aromatic N) is 1. The number of benzene rings is 1. The lowest BCUT2D eigenvalue weighted by Crippen LogP contribution is -2.51. The molecular formula is C17H26ClN3O2. The molecule has 1 aromatic rings. The van der Waals surface area contributed by atoms with E-state index in [1.165, 1.54) is 0 Å². The molecule has 1 aliphatic rings. The van der Waals surface area contributed by atoms with Gasteiger partial charge in [-0.3, -0.25) is 4.90 Å². The van der Waals surface area contributed by atoms with Crippen molar-refractivity contribution in [3.8, 4) is 0 Å². The van der Waals surface area contributed by atoms with Crippen molar-refractivity contribution < 1.29 is 9.53 Å². The van der Waals surface area contributed by atoms with E-state index < -0.39 is 0 Å². The maximum absolute atomic E-state index is 12.2. The Hall–Kier alpha value is -1.30. The Morgan fingerprint density at radius 2 is 2.04 bits per heavy atom. The highest BCUT2D eigenvalue weighted by molar-refractivity contribution is 6.30. The Morgan fingerprint density at radius 3 is 2.65 bits per heavy atom. The van der Waals surface area contributed by atoms with Crippen LogP contribution in [0.2, 0.25) is 5.02 Å². The van der Waals surface area contributed by atoms with Crippen molar-refractivity contribution in [2.45, 2.75) is 26.8 Å². The summed E-state index contributed by atoms with van der Waals surface area (Å²) in [4.78, 5) is 14.6. The molecule has 0 bridgehead atoms. The molecule has 1 aromatic carbocycles. The number of aryl methyl sites for hydroxylation is 1. The van der Waals surface area contributed by atoms with Gasteiger partial charge in [-0.05, 0) is 36.6 Å². The molecule has 0 radical (unpaired) electrons. The molecule has 1 unspecified atom stereocenters. The highest BCUT2D eigenvalue weighted by atomic mass is 35.5. The van der Waals surface area contributed by atoms with Gasteiger partial charge in [0, 0.05) is 36.4 Å². The number of amides is 2. The lowest BCUT2D eigenvalue weighted by molar-refractivity contribution is 0.00728. The molecule has 1 saturated heterocycles. The summed E-state index contributed by atoms with van der Waals surface area (Å²) in [6.07, 6.45) is 0. The van der Waals surface area contributed by atoms with Crippen molar-refractivity contribution in [3.05, 3.63) is 28.8 Å². The first-order valence-electron chi connectivity index (χ1n) is 8.10. The van der Waals surface area contributed by atoms with Crippen molar-refractivity contribution in [2.75, 3.05) is 38.2 Å². The van der Waals surface area contributed by atoms with Gasteiger partial charge in [0.05, 0.1) is 13.2 Å². The molecule has 0 aromatic heterocycles. The van der Waals surface area contributed by atoms with E-state index >= 15 is 0 Å². The van der Waals surface area contributed by atoms with Gasteiger partial charge in [-0.15, -0.1) is 0 Å². The number of urea groups is 1. The minimum absolute atomic E-state index is 0.186. The largest absolute Gasteiger partial charge is 0.379 e. The molecule has 2 N–H and O–H groups in total. The molecule has 5 nitrogen and oxygen atoms in total. The van der Waals surface area contributed by atoms with E-state index in [0.717, 1.165) is 37.6 Å². The molecule has 2 amide bonds. The van der Waals surface area contributed by atoms with E-state index in [1.54, 1.807) is 6.07 Å². The van der Waals surface area contributed by atoms with E-state index in [1.807, 2.05) is 19.1 Å². The Kier molecular flexibility index (Phi) is 6.69. The highest BCUT2D eigenvalue weighted by Gasteiger charge is 2.24. The lowest BCUT2D eigenvalue weighted by Gasteiger charge is -2.36. The number of ether oxygens (including phenoxy) is 1. The standard InChI is InChI=1S/C17H26ClN3O2/c1-12(2)16(21-6-8-23-9-7-21)11-19-17(22)20-15-5-4-14(18)10-13(15)3/h4-5,10,12,16H,6-9,11H2,1-3H3,(H2,19,20,22). The second kappa shape index (κ2) is 8.52. The van der Waals surface area contributed by atoms with Crippen LogP contribution < -0.4 is 10.6 Å². The molecule has 1 aliphatic heterocycles. The number of hydrogen-bond acceptors (Lipinski definition) is 3. The van der Waals surface area contributed by atoms with Crippen LogP contribution in [0.1, 0.15) is 19.4 Å². The predicted octanol–water partition coefficient (Wildman–Crippen LogP) is 3.13. The summed E-state index contributed by atoms with van der Waals surface area (Å²) in [6.45, 7) is 10.3. The fourth-order valence-electron chi connectivity index (χ4n) is 2.83. The second-order valence-corrected chi connectivity index (χ2v) is 6.69. The van der Waals surface area contributed by atoms with Crippen molar-refractivity contribution in [2.24, 2.45) is 5.92 Å². The third-order valence-corrected chi connectivity index (χ3v) is 4.43. The summed E-state index contributed by atoms with van der Waals surface area (Å²) >= 11 is 5.93. The first kappa shape index (κ1) is 18.0. The van der Waals surface area contributed by atoms with Gasteiger partial charge in [0.25, 0.3) is 0 Å². The van der Waals surface area contributed by atoms with E-state index in [-0.39, 0.29) is 6.03 Å². The number of halogens is 1. The molecule has 1 heterocycles. The van der Waals surface area contributed by atoms with Crippen LogP contribution >= 0.6 is 11.6 Å². The summed E-state index contributed by atoms with van der Waals surface area (Å²) in [7, 11) is 0. The third kappa shape index (κ3) is 5.37. The number of nitrogens with one attached hydrogen (secondary N) is 2. The van der Waals surface area contributed by atoms with Gasteiger partial charge in [0.1, 0.15) is 0 Å². The number of morpholine rings is 1. The Labute approximate surface area is 143 Å². The molecule has 0 aliphatic carbocycles. The number of rotatable bonds is 5. The summed E-state index contributed by atoms with van der Waals surface area (Å²) < 4.78 is 5.40. The minimum Gasteiger partial charge on any atom is -0.379 e. The highest BCUT2D eigenvalue weighted by Crippen LogP contribution is 2.19. The molecule has 1 atom stereocenters. The second-order valence-electron chi connectivity index (χ2n) is 6.25. The Balaban J connectivity index is 1.88. The van der Waals surface area contributed by atoms with Crippen molar-refractivity contribution >= 4 is 23.3 Å². The van der Waals surface area contributed by atoms with Gasteiger partial charge < -0.3 is 15.4 Å². The normalized spacial score (nSPS) is 17.1. The first-order chi connectivity index (χ1) is 11.0. The summed E-state index contributed by atoms with van der Waals surface area (Å²) in [6, 6.07) is 5.56. The van der Waals surface area contributed by atoms with Gasteiger partial charge in [-0.2, -0.15) is 0 Å². The zero-order valence-corrected chi connectivity index (χ0v) is 14.8. The summed E-state index contributed by atoms with van der Waals surface area (Å²) in [5.74, 6) is 0.464. The fraction of sp³-hybridized carbons (Fsp3) is 0.588. The molecule has 128 valence electrons. The summed E-state index contributed by atoms with van der Waals surface area (Å²) in [5.41, 5.74) is 1.72. The molecule has 6 heteroatoms. The zero-order chi connectivity index (χ0) is 16.8. The number of anilines is 1. The van der Waals surface area contributed by atoms with E-state index in [4.69, 9.17) is 16.3 Å². The zero-order valence-electron chi connectivity index (χ0n) is 14.1. The minimum atomic E-state index is -0.186. The monoisotopic (exact) mass is 339 g/mol. The van der Waals surface area contributed by atoms with Gasteiger partial charge >= 0.3 is 6.03 Å². The van der Waals surface area contributed by atoms with Crippen molar-refractivity contribution in [1.82, 2.24) is 10.2 Å². The van der Waals surface area contributed by atoms with E-state index in [2.05, 4.69) is 29.4 Å². The number of carbonyl (C=O) groups excluding carboxylic acids is 1. The van der Waals surface area contributed by atoms with Crippen LogP contribution in [0.4, 0.5) is 10.5 Å². The Bertz CT molecular complexity index is 531. The Morgan fingerprint density at radius 1 is 1.35 bits per heavy atom. The summed E-state index contributed by atoms with van der Waals surface area (Å²) in [5, 5.41) is 6.54. The molecule has 1 fully saturated rings. The lowest BCUT2D eigenvalue weighted by atomic mass is 10.0. The number of carbonyl (C=O) groups is 1.